The van der Waals surface area contributed by atoms with Crippen molar-refractivity contribution in [2.24, 2.45) is 0 Å². The van der Waals surface area contributed by atoms with E-state index in [1.807, 2.05) is 67.3 Å². The second kappa shape index (κ2) is 10.6. The van der Waals surface area contributed by atoms with Crippen molar-refractivity contribution in [2.75, 3.05) is 36.6 Å². The first-order chi connectivity index (χ1) is 19.6. The fourth-order valence-corrected chi connectivity index (χ4v) is 7.63. The molecule has 3 aromatic carbocycles. The first kappa shape index (κ1) is 28.1. The maximum Gasteiger partial charge on any atom is 0.232 e. The highest BCUT2D eigenvalue weighted by molar-refractivity contribution is 7.91. The number of sulfone groups is 1. The Labute approximate surface area is 246 Å². The van der Waals surface area contributed by atoms with Crippen molar-refractivity contribution in [3.63, 3.8) is 0 Å². The molecule has 1 saturated carbocycles. The molecule has 216 valence electrons. The number of hydrogen-bond donors (Lipinski definition) is 0. The second-order valence-electron chi connectivity index (χ2n) is 11.5. The Morgan fingerprint density at radius 3 is 2.20 bits per heavy atom. The third-order valence-corrected chi connectivity index (χ3v) is 10.4. The molecule has 0 spiro atoms. The summed E-state index contributed by atoms with van der Waals surface area (Å²) in [6.45, 7) is 5.08. The summed E-state index contributed by atoms with van der Waals surface area (Å²) in [5.41, 5.74) is 4.71. The molecule has 3 aromatic rings. The largest absolute Gasteiger partial charge is 0.493 e. The molecule has 7 nitrogen and oxygen atoms in total. The molecule has 9 heteroatoms. The molecule has 3 aliphatic rings. The minimum absolute atomic E-state index is 0.00727. The van der Waals surface area contributed by atoms with Crippen LogP contribution in [-0.4, -0.2) is 57.0 Å². The molecule has 0 N–H and O–H groups in total. The van der Waals surface area contributed by atoms with Gasteiger partial charge in [-0.1, -0.05) is 35.9 Å². The van der Waals surface area contributed by atoms with Gasteiger partial charge in [-0.05, 0) is 85.3 Å². The first-order valence-electron chi connectivity index (χ1n) is 14.1. The standard InChI is InChI=1S/C32H35ClN2O5S/c1-21(2)40-29-20-27-23(18-28(29)39-3)19-30(36)35(31(27)22-4-8-25(33)9-5-22)26-10-6-24(7-11-26)32(12-13-32)34-14-16-41(37,38)17-15-34/h4-11,18,20-21,31H,12-17,19H2,1-3H3/t31-/m0/s1. The Morgan fingerprint density at radius 2 is 1.61 bits per heavy atom. The van der Waals surface area contributed by atoms with Crippen molar-refractivity contribution >= 4 is 33.0 Å². The van der Waals surface area contributed by atoms with E-state index in [9.17, 15) is 13.2 Å². The number of hydrogen-bond acceptors (Lipinski definition) is 6. The Morgan fingerprint density at radius 1 is 0.951 bits per heavy atom. The molecule has 0 radical (unpaired) electrons. The Kier molecular flexibility index (Phi) is 7.29. The number of fused-ring (bicyclic) bond motifs is 1. The van der Waals surface area contributed by atoms with Crippen LogP contribution in [0.2, 0.25) is 5.02 Å². The molecular formula is C32H35ClN2O5S. The highest BCUT2D eigenvalue weighted by Gasteiger charge is 2.50. The Balaban J connectivity index is 1.39. The number of anilines is 1. The molecule has 1 atom stereocenters. The number of benzene rings is 3. The van der Waals surface area contributed by atoms with Gasteiger partial charge in [0.15, 0.2) is 21.3 Å². The molecule has 2 aliphatic heterocycles. The first-order valence-corrected chi connectivity index (χ1v) is 16.3. The quantitative estimate of drug-likeness (QED) is 0.358. The van der Waals surface area contributed by atoms with Crippen LogP contribution >= 0.6 is 11.6 Å². The monoisotopic (exact) mass is 594 g/mol. The van der Waals surface area contributed by atoms with Crippen LogP contribution in [0, 0.1) is 0 Å². The van der Waals surface area contributed by atoms with E-state index in [0.717, 1.165) is 35.2 Å². The molecule has 0 aromatic heterocycles. The average molecular weight is 595 g/mol. The maximum atomic E-state index is 13.8. The van der Waals surface area contributed by atoms with Crippen LogP contribution in [0.5, 0.6) is 11.5 Å². The Bertz CT molecular complexity index is 1550. The van der Waals surface area contributed by atoms with Crippen LogP contribution in [0.15, 0.2) is 60.7 Å². The lowest BCUT2D eigenvalue weighted by molar-refractivity contribution is -0.118. The summed E-state index contributed by atoms with van der Waals surface area (Å²) in [4.78, 5) is 18.0. The fraction of sp³-hybridized carbons (Fsp3) is 0.406. The van der Waals surface area contributed by atoms with E-state index in [1.165, 1.54) is 5.56 Å². The zero-order valence-electron chi connectivity index (χ0n) is 23.6. The lowest BCUT2D eigenvalue weighted by atomic mass is 9.86. The number of carbonyl (C=O) groups excluding carboxylic acids is 1. The van der Waals surface area contributed by atoms with Crippen LogP contribution in [-0.2, 0) is 26.6 Å². The highest BCUT2D eigenvalue weighted by atomic mass is 35.5. The van der Waals surface area contributed by atoms with Gasteiger partial charge in [0.25, 0.3) is 0 Å². The summed E-state index contributed by atoms with van der Waals surface area (Å²) in [5.74, 6) is 1.67. The van der Waals surface area contributed by atoms with E-state index in [0.29, 0.717) is 29.6 Å². The van der Waals surface area contributed by atoms with Gasteiger partial charge >= 0.3 is 0 Å². The number of rotatable bonds is 7. The number of halogens is 1. The van der Waals surface area contributed by atoms with E-state index < -0.39 is 9.84 Å². The fourth-order valence-electron chi connectivity index (χ4n) is 6.31. The summed E-state index contributed by atoms with van der Waals surface area (Å²) in [6.07, 6.45) is 2.22. The van der Waals surface area contributed by atoms with Crippen molar-refractivity contribution in [3.8, 4) is 11.5 Å². The Hall–Kier alpha value is -3.07. The topological polar surface area (TPSA) is 76.2 Å². The molecule has 0 bridgehead atoms. The number of carbonyl (C=O) groups is 1. The van der Waals surface area contributed by atoms with Gasteiger partial charge in [-0.25, -0.2) is 8.42 Å². The SMILES string of the molecule is COc1cc2c(cc1OC(C)C)[C@H](c1ccc(Cl)cc1)N(c1ccc(C3(N4CCS(=O)(=O)CC4)CC3)cc1)C(=O)C2. The lowest BCUT2D eigenvalue weighted by Gasteiger charge is -2.39. The van der Waals surface area contributed by atoms with Crippen LogP contribution in [0.25, 0.3) is 0 Å². The third kappa shape index (κ3) is 5.33. The van der Waals surface area contributed by atoms with E-state index >= 15 is 0 Å². The number of amides is 1. The van der Waals surface area contributed by atoms with E-state index in [-0.39, 0.29) is 41.5 Å². The van der Waals surface area contributed by atoms with Gasteiger partial charge in [-0.2, -0.15) is 0 Å². The molecule has 2 fully saturated rings. The summed E-state index contributed by atoms with van der Waals surface area (Å²) < 4.78 is 35.8. The predicted octanol–water partition coefficient (Wildman–Crippen LogP) is 5.53. The van der Waals surface area contributed by atoms with Crippen molar-refractivity contribution in [1.29, 1.82) is 0 Å². The lowest BCUT2D eigenvalue weighted by Crippen LogP contribution is -2.46. The van der Waals surface area contributed by atoms with Crippen LogP contribution in [0.3, 0.4) is 0 Å². The zero-order valence-corrected chi connectivity index (χ0v) is 25.2. The average Bonchev–Trinajstić information content (AvgIpc) is 3.75. The molecule has 0 unspecified atom stereocenters. The van der Waals surface area contributed by atoms with Crippen molar-refractivity contribution in [1.82, 2.24) is 4.90 Å². The highest BCUT2D eigenvalue weighted by Crippen LogP contribution is 2.52. The predicted molar refractivity (Wildman–Crippen MR) is 161 cm³/mol. The van der Waals surface area contributed by atoms with E-state index in [4.69, 9.17) is 21.1 Å². The second-order valence-corrected chi connectivity index (χ2v) is 14.2. The van der Waals surface area contributed by atoms with Crippen LogP contribution in [0.1, 0.15) is 55.0 Å². The number of ether oxygens (including phenoxy) is 2. The van der Waals surface area contributed by atoms with Crippen molar-refractivity contribution in [3.05, 3.63) is 87.9 Å². The molecule has 2 heterocycles. The van der Waals surface area contributed by atoms with Gasteiger partial charge in [0.1, 0.15) is 0 Å². The van der Waals surface area contributed by atoms with Gasteiger partial charge in [-0.3, -0.25) is 9.69 Å². The van der Waals surface area contributed by atoms with Gasteiger partial charge in [-0.15, -0.1) is 0 Å². The van der Waals surface area contributed by atoms with E-state index in [1.54, 1.807) is 7.11 Å². The molecule has 1 amide bonds. The maximum absolute atomic E-state index is 13.8. The normalized spacial score (nSPS) is 21.4. The minimum Gasteiger partial charge on any atom is -0.493 e. The van der Waals surface area contributed by atoms with E-state index in [2.05, 4.69) is 17.0 Å². The minimum atomic E-state index is -2.94. The number of nitrogens with zero attached hydrogens (tertiary/aromatic N) is 2. The van der Waals surface area contributed by atoms with Crippen LogP contribution < -0.4 is 14.4 Å². The summed E-state index contributed by atoms with van der Waals surface area (Å²) in [6, 6.07) is 19.4. The summed E-state index contributed by atoms with van der Waals surface area (Å²) in [5, 5.41) is 0.630. The van der Waals surface area contributed by atoms with Gasteiger partial charge < -0.3 is 14.4 Å². The van der Waals surface area contributed by atoms with Crippen LogP contribution in [0.4, 0.5) is 5.69 Å². The smallest absolute Gasteiger partial charge is 0.232 e. The third-order valence-electron chi connectivity index (χ3n) is 8.49. The molecule has 1 saturated heterocycles. The molecule has 41 heavy (non-hydrogen) atoms. The zero-order chi connectivity index (χ0) is 28.9. The summed E-state index contributed by atoms with van der Waals surface area (Å²) in [7, 11) is -1.33. The molecule has 6 rings (SSSR count). The molecule has 1 aliphatic carbocycles. The van der Waals surface area contributed by atoms with Crippen molar-refractivity contribution < 1.29 is 22.7 Å². The number of methoxy groups -OCH3 is 1. The van der Waals surface area contributed by atoms with Gasteiger partial charge in [0.05, 0.1) is 37.2 Å². The van der Waals surface area contributed by atoms with Gasteiger partial charge in [0.2, 0.25) is 5.91 Å². The summed E-state index contributed by atoms with van der Waals surface area (Å²) >= 11 is 6.25. The van der Waals surface area contributed by atoms with Gasteiger partial charge in [0, 0.05) is 29.3 Å². The van der Waals surface area contributed by atoms with Crippen molar-refractivity contribution in [2.45, 2.75) is 50.8 Å². The molecular weight excluding hydrogens is 560 g/mol.